The predicted octanol–water partition coefficient (Wildman–Crippen LogP) is 0.783. The number of hydrogen-bond donors (Lipinski definition) is 1. The van der Waals surface area contributed by atoms with Crippen LogP contribution in [0.4, 0.5) is 4.39 Å². The number of rotatable bonds is 2. The molecule has 0 spiro atoms. The second-order valence-corrected chi connectivity index (χ2v) is 4.78. The first-order valence-corrected chi connectivity index (χ1v) is 6.38. The molecular formula is C14H11FN2O4. The molecule has 6 nitrogen and oxygen atoms in total. The average molecular weight is 290 g/mol. The molecule has 2 heterocycles. The largest absolute Gasteiger partial charge is 0.477 e. The minimum absolute atomic E-state index is 0.149. The number of halogens is 1. The number of aromatic nitrogens is 2. The molecule has 1 aliphatic rings. The van der Waals surface area contributed by atoms with Crippen molar-refractivity contribution in [2.75, 3.05) is 0 Å². The van der Waals surface area contributed by atoms with Gasteiger partial charge in [-0.25, -0.2) is 18.5 Å². The van der Waals surface area contributed by atoms with Crippen LogP contribution in [0.5, 0.6) is 0 Å². The van der Waals surface area contributed by atoms with E-state index >= 15 is 0 Å². The molecule has 0 bridgehead atoms. The van der Waals surface area contributed by atoms with Gasteiger partial charge in [0.05, 0.1) is 5.69 Å². The molecule has 0 fully saturated rings. The summed E-state index contributed by atoms with van der Waals surface area (Å²) in [6.45, 7) is 0.371. The first-order valence-electron chi connectivity index (χ1n) is 6.38. The molecule has 1 aliphatic heterocycles. The second-order valence-electron chi connectivity index (χ2n) is 4.78. The molecule has 0 unspecified atom stereocenters. The van der Waals surface area contributed by atoms with Crippen molar-refractivity contribution in [1.29, 1.82) is 0 Å². The summed E-state index contributed by atoms with van der Waals surface area (Å²) >= 11 is 0. The normalized spacial score (nSPS) is 13.2. The van der Waals surface area contributed by atoms with E-state index < -0.39 is 28.6 Å². The lowest BCUT2D eigenvalue weighted by atomic mass is 10.2. The molecule has 7 heteroatoms. The molecule has 0 amide bonds. The third-order valence-electron chi connectivity index (χ3n) is 3.55. The van der Waals surface area contributed by atoms with Gasteiger partial charge in [-0.05, 0) is 37.1 Å². The highest BCUT2D eigenvalue weighted by Crippen LogP contribution is 2.15. The van der Waals surface area contributed by atoms with Crippen LogP contribution < -0.4 is 11.2 Å². The first-order chi connectivity index (χ1) is 10.0. The molecular weight excluding hydrogens is 279 g/mol. The molecule has 3 rings (SSSR count). The van der Waals surface area contributed by atoms with E-state index in [0.717, 1.165) is 16.7 Å². The fourth-order valence-corrected chi connectivity index (χ4v) is 2.62. The maximum atomic E-state index is 13.0. The molecule has 1 aromatic carbocycles. The van der Waals surface area contributed by atoms with Crippen LogP contribution in [0.25, 0.3) is 5.69 Å². The number of aromatic carboxylic acids is 1. The highest BCUT2D eigenvalue weighted by Gasteiger charge is 2.27. The summed E-state index contributed by atoms with van der Waals surface area (Å²) in [5, 5.41) is 9.25. The van der Waals surface area contributed by atoms with Crippen LogP contribution in [0.1, 0.15) is 22.5 Å². The third-order valence-corrected chi connectivity index (χ3v) is 3.55. The van der Waals surface area contributed by atoms with Gasteiger partial charge in [0.2, 0.25) is 0 Å². The Morgan fingerprint density at radius 3 is 2.48 bits per heavy atom. The molecule has 108 valence electrons. The molecule has 21 heavy (non-hydrogen) atoms. The van der Waals surface area contributed by atoms with Crippen molar-refractivity contribution in [3.8, 4) is 5.69 Å². The van der Waals surface area contributed by atoms with Gasteiger partial charge in [-0.1, -0.05) is 0 Å². The van der Waals surface area contributed by atoms with Gasteiger partial charge in [0.1, 0.15) is 11.4 Å². The summed E-state index contributed by atoms with van der Waals surface area (Å²) in [5.41, 5.74) is -1.46. The van der Waals surface area contributed by atoms with Gasteiger partial charge < -0.3 is 5.11 Å². The van der Waals surface area contributed by atoms with Crippen molar-refractivity contribution in [2.24, 2.45) is 0 Å². The minimum Gasteiger partial charge on any atom is -0.477 e. The first kappa shape index (κ1) is 13.3. The van der Waals surface area contributed by atoms with E-state index in [1.807, 2.05) is 0 Å². The Morgan fingerprint density at radius 1 is 1.19 bits per heavy atom. The zero-order valence-electron chi connectivity index (χ0n) is 10.9. The highest BCUT2D eigenvalue weighted by molar-refractivity contribution is 5.88. The molecule has 0 saturated carbocycles. The Labute approximate surface area is 117 Å². The Bertz CT molecular complexity index is 849. The van der Waals surface area contributed by atoms with Crippen LogP contribution in [0.15, 0.2) is 33.9 Å². The van der Waals surface area contributed by atoms with E-state index in [2.05, 4.69) is 0 Å². The molecule has 0 radical (unpaired) electrons. The summed E-state index contributed by atoms with van der Waals surface area (Å²) in [6, 6.07) is 4.76. The third kappa shape index (κ3) is 1.97. The summed E-state index contributed by atoms with van der Waals surface area (Å²) < 4.78 is 15.0. The van der Waals surface area contributed by atoms with Gasteiger partial charge in [-0.15, -0.1) is 0 Å². The van der Waals surface area contributed by atoms with Gasteiger partial charge >= 0.3 is 11.7 Å². The molecule has 0 aliphatic carbocycles. The number of benzene rings is 1. The Kier molecular flexibility index (Phi) is 2.97. The van der Waals surface area contributed by atoms with Crippen LogP contribution in [0.3, 0.4) is 0 Å². The summed E-state index contributed by atoms with van der Waals surface area (Å²) in [4.78, 5) is 36.1. The molecule has 1 N–H and O–H groups in total. The van der Waals surface area contributed by atoms with Crippen molar-refractivity contribution in [3.05, 3.63) is 62.2 Å². The van der Waals surface area contributed by atoms with Crippen LogP contribution in [-0.4, -0.2) is 20.2 Å². The van der Waals surface area contributed by atoms with Crippen LogP contribution in [0, 0.1) is 5.82 Å². The Hall–Kier alpha value is -2.70. The monoisotopic (exact) mass is 290 g/mol. The zero-order chi connectivity index (χ0) is 15.1. The van der Waals surface area contributed by atoms with Gasteiger partial charge in [0.15, 0.2) is 0 Å². The number of nitrogens with zero attached hydrogens (tertiary/aromatic N) is 2. The number of carboxylic acid groups (broad SMARTS) is 1. The van der Waals surface area contributed by atoms with Crippen molar-refractivity contribution >= 4 is 5.97 Å². The smallest absolute Gasteiger partial charge is 0.343 e. The lowest BCUT2D eigenvalue weighted by molar-refractivity contribution is 0.0692. The van der Waals surface area contributed by atoms with Gasteiger partial charge in [0.25, 0.3) is 5.56 Å². The van der Waals surface area contributed by atoms with Crippen molar-refractivity contribution in [1.82, 2.24) is 9.13 Å². The fraction of sp³-hybridized carbons (Fsp3) is 0.214. The average Bonchev–Trinajstić information content (AvgIpc) is 2.90. The molecule has 1 aromatic heterocycles. The zero-order valence-corrected chi connectivity index (χ0v) is 10.9. The van der Waals surface area contributed by atoms with E-state index in [1.54, 1.807) is 0 Å². The van der Waals surface area contributed by atoms with E-state index in [4.69, 9.17) is 0 Å². The second kappa shape index (κ2) is 4.69. The van der Waals surface area contributed by atoms with Crippen LogP contribution in [0.2, 0.25) is 0 Å². The number of carbonyl (C=O) groups is 1. The lowest BCUT2D eigenvalue weighted by Gasteiger charge is -2.11. The Balaban J connectivity index is 2.39. The van der Waals surface area contributed by atoms with E-state index in [-0.39, 0.29) is 11.4 Å². The highest BCUT2D eigenvalue weighted by atomic mass is 19.1. The van der Waals surface area contributed by atoms with Crippen molar-refractivity contribution < 1.29 is 14.3 Å². The van der Waals surface area contributed by atoms with E-state index in [1.165, 1.54) is 16.7 Å². The quantitative estimate of drug-likeness (QED) is 0.886. The molecule has 0 atom stereocenters. The number of fused-ring (bicyclic) bond motifs is 1. The summed E-state index contributed by atoms with van der Waals surface area (Å²) in [6.07, 6.45) is 0.999. The SMILES string of the molecule is O=C(O)c1c2n(c(=O)n(-c3ccc(F)cc3)c1=O)CCC2. The molecule has 2 aromatic rings. The minimum atomic E-state index is -1.36. The summed E-state index contributed by atoms with van der Waals surface area (Å²) in [5.74, 6) is -1.87. The van der Waals surface area contributed by atoms with Gasteiger partial charge in [0, 0.05) is 12.2 Å². The summed E-state index contributed by atoms with van der Waals surface area (Å²) in [7, 11) is 0. The fourth-order valence-electron chi connectivity index (χ4n) is 2.62. The van der Waals surface area contributed by atoms with E-state index in [0.29, 0.717) is 19.4 Å². The van der Waals surface area contributed by atoms with Crippen molar-refractivity contribution in [2.45, 2.75) is 19.4 Å². The van der Waals surface area contributed by atoms with Gasteiger partial charge in [-0.2, -0.15) is 0 Å². The maximum absolute atomic E-state index is 13.0. The van der Waals surface area contributed by atoms with E-state index in [9.17, 15) is 23.9 Å². The maximum Gasteiger partial charge on any atom is 0.343 e. The number of carboxylic acids is 1. The van der Waals surface area contributed by atoms with Crippen molar-refractivity contribution in [3.63, 3.8) is 0 Å². The predicted molar refractivity (Wildman–Crippen MR) is 71.5 cm³/mol. The van der Waals surface area contributed by atoms with Crippen LogP contribution >= 0.6 is 0 Å². The number of hydrogen-bond acceptors (Lipinski definition) is 3. The topological polar surface area (TPSA) is 81.3 Å². The van der Waals surface area contributed by atoms with Gasteiger partial charge in [-0.3, -0.25) is 9.36 Å². The van der Waals surface area contributed by atoms with Crippen LogP contribution in [-0.2, 0) is 13.0 Å². The Morgan fingerprint density at radius 2 is 1.86 bits per heavy atom. The lowest BCUT2D eigenvalue weighted by Crippen LogP contribution is -2.42. The molecule has 0 saturated heterocycles. The standard InChI is InChI=1S/C14H11FN2O4/c15-8-3-5-9(6-4-8)17-12(18)11(13(19)20)10-2-1-7-16(10)14(17)21/h3-6H,1-2,7H2,(H,19,20).